The molecule has 0 bridgehead atoms. The molecule has 1 aliphatic rings. The molecule has 1 aromatic carbocycles. The van der Waals surface area contributed by atoms with Gasteiger partial charge < -0.3 is 15.7 Å². The van der Waals surface area contributed by atoms with E-state index in [1.807, 2.05) is 0 Å². The third kappa shape index (κ3) is 3.14. The van der Waals surface area contributed by atoms with Gasteiger partial charge in [-0.15, -0.1) is 0 Å². The molecule has 1 heterocycles. The second kappa shape index (κ2) is 7.40. The van der Waals surface area contributed by atoms with E-state index < -0.39 is 5.54 Å². The molecule has 1 atom stereocenters. The van der Waals surface area contributed by atoms with Gasteiger partial charge in [0.2, 0.25) is 0 Å². The van der Waals surface area contributed by atoms with Crippen molar-refractivity contribution in [2.75, 3.05) is 13.2 Å². The Morgan fingerprint density at radius 1 is 1.27 bits per heavy atom. The highest BCUT2D eigenvalue weighted by atomic mass is 16.3. The molecule has 0 aromatic heterocycles. The minimum Gasteiger partial charge on any atom is -0.396 e. The second-order valence-electron chi connectivity index (χ2n) is 5.70. The third-order valence-corrected chi connectivity index (χ3v) is 4.15. The maximum atomic E-state index is 12.7. The minimum atomic E-state index is -1.15. The van der Waals surface area contributed by atoms with Crippen LogP contribution < -0.4 is 10.6 Å². The Kier molecular flexibility index (Phi) is 5.55. The van der Waals surface area contributed by atoms with Crippen LogP contribution in [0.4, 0.5) is 0 Å². The molecular formula is C17H24N2O3. The van der Waals surface area contributed by atoms with E-state index in [-0.39, 0.29) is 24.8 Å². The monoisotopic (exact) mass is 304 g/mol. The third-order valence-electron chi connectivity index (χ3n) is 4.15. The Balaban J connectivity index is 2.13. The van der Waals surface area contributed by atoms with Crippen LogP contribution in [-0.4, -0.2) is 30.1 Å². The van der Waals surface area contributed by atoms with Gasteiger partial charge in [-0.05, 0) is 18.1 Å². The topological polar surface area (TPSA) is 78.4 Å². The van der Waals surface area contributed by atoms with Crippen molar-refractivity contribution in [1.82, 2.24) is 10.6 Å². The SMILES string of the molecule is CCCCCCNC(=O)C1(CCO)NC(=O)c2ccccc21. The lowest BCUT2D eigenvalue weighted by Gasteiger charge is -2.28. The molecular weight excluding hydrogens is 280 g/mol. The van der Waals surface area contributed by atoms with Gasteiger partial charge in [0.15, 0.2) is 0 Å². The van der Waals surface area contributed by atoms with Crippen LogP contribution in [0.25, 0.3) is 0 Å². The number of nitrogens with one attached hydrogen (secondary N) is 2. The first kappa shape index (κ1) is 16.5. The number of amides is 2. The maximum absolute atomic E-state index is 12.7. The number of benzene rings is 1. The van der Waals surface area contributed by atoms with Crippen molar-refractivity contribution >= 4 is 11.8 Å². The van der Waals surface area contributed by atoms with Crippen LogP contribution in [0.1, 0.15) is 54.9 Å². The summed E-state index contributed by atoms with van der Waals surface area (Å²) in [5, 5.41) is 15.0. The molecule has 1 unspecified atom stereocenters. The van der Waals surface area contributed by atoms with Gasteiger partial charge in [-0.2, -0.15) is 0 Å². The molecule has 1 aromatic rings. The molecule has 5 heteroatoms. The fraction of sp³-hybridized carbons (Fsp3) is 0.529. The smallest absolute Gasteiger partial charge is 0.252 e. The van der Waals surface area contributed by atoms with Crippen LogP contribution in [0.15, 0.2) is 24.3 Å². The van der Waals surface area contributed by atoms with E-state index >= 15 is 0 Å². The van der Waals surface area contributed by atoms with Gasteiger partial charge in [0.05, 0.1) is 0 Å². The van der Waals surface area contributed by atoms with Crippen molar-refractivity contribution in [2.24, 2.45) is 0 Å². The van der Waals surface area contributed by atoms with Crippen LogP contribution in [0.2, 0.25) is 0 Å². The lowest BCUT2D eigenvalue weighted by atomic mass is 9.86. The number of rotatable bonds is 8. The molecule has 5 nitrogen and oxygen atoms in total. The molecule has 120 valence electrons. The zero-order chi connectivity index (χ0) is 16.0. The molecule has 0 aliphatic carbocycles. The first-order valence-electron chi connectivity index (χ1n) is 7.97. The van der Waals surface area contributed by atoms with E-state index in [4.69, 9.17) is 0 Å². The van der Waals surface area contributed by atoms with Crippen molar-refractivity contribution in [2.45, 2.75) is 44.6 Å². The predicted octanol–water partition coefficient (Wildman–Crippen LogP) is 1.70. The maximum Gasteiger partial charge on any atom is 0.252 e. The molecule has 0 spiro atoms. The molecule has 2 amide bonds. The van der Waals surface area contributed by atoms with Crippen LogP contribution in [0.3, 0.4) is 0 Å². The fourth-order valence-corrected chi connectivity index (χ4v) is 2.94. The molecule has 0 saturated heterocycles. The van der Waals surface area contributed by atoms with Crippen LogP contribution in [-0.2, 0) is 10.3 Å². The van der Waals surface area contributed by atoms with Crippen molar-refractivity contribution in [3.63, 3.8) is 0 Å². The van der Waals surface area contributed by atoms with E-state index in [0.717, 1.165) is 25.7 Å². The average Bonchev–Trinajstić information content (AvgIpc) is 2.81. The number of aliphatic hydroxyl groups excluding tert-OH is 1. The summed E-state index contributed by atoms with van der Waals surface area (Å²) in [6.07, 6.45) is 4.47. The Morgan fingerprint density at radius 2 is 2.05 bits per heavy atom. The lowest BCUT2D eigenvalue weighted by Crippen LogP contribution is -2.53. The number of carbonyl (C=O) groups is 2. The summed E-state index contributed by atoms with van der Waals surface area (Å²) in [4.78, 5) is 24.8. The number of hydrogen-bond donors (Lipinski definition) is 3. The average molecular weight is 304 g/mol. The zero-order valence-corrected chi connectivity index (χ0v) is 13.0. The largest absolute Gasteiger partial charge is 0.396 e. The normalized spacial score (nSPS) is 19.6. The minimum absolute atomic E-state index is 0.169. The molecule has 0 fully saturated rings. The van der Waals surface area contributed by atoms with E-state index in [1.54, 1.807) is 24.3 Å². The Morgan fingerprint density at radius 3 is 2.77 bits per heavy atom. The van der Waals surface area contributed by atoms with Gasteiger partial charge in [-0.3, -0.25) is 9.59 Å². The van der Waals surface area contributed by atoms with Crippen LogP contribution >= 0.6 is 0 Å². The van der Waals surface area contributed by atoms with Crippen molar-refractivity contribution in [3.05, 3.63) is 35.4 Å². The zero-order valence-electron chi connectivity index (χ0n) is 13.0. The van der Waals surface area contributed by atoms with Crippen LogP contribution in [0, 0.1) is 0 Å². The quantitative estimate of drug-likeness (QED) is 0.640. The van der Waals surface area contributed by atoms with E-state index in [2.05, 4.69) is 17.6 Å². The van der Waals surface area contributed by atoms with Crippen molar-refractivity contribution in [1.29, 1.82) is 0 Å². The summed E-state index contributed by atoms with van der Waals surface area (Å²) in [5.74, 6) is -0.499. The number of carbonyl (C=O) groups excluding carboxylic acids is 2. The van der Waals surface area contributed by atoms with Gasteiger partial charge >= 0.3 is 0 Å². The highest BCUT2D eigenvalue weighted by Crippen LogP contribution is 2.34. The molecule has 1 aliphatic heterocycles. The summed E-state index contributed by atoms with van der Waals surface area (Å²) in [7, 11) is 0. The number of aliphatic hydroxyl groups is 1. The molecule has 2 rings (SSSR count). The molecule has 3 N–H and O–H groups in total. The van der Waals surface area contributed by atoms with Crippen LogP contribution in [0.5, 0.6) is 0 Å². The Bertz CT molecular complexity index is 544. The molecule has 0 saturated carbocycles. The highest BCUT2D eigenvalue weighted by molar-refractivity contribution is 6.06. The Labute approximate surface area is 131 Å². The molecule has 22 heavy (non-hydrogen) atoms. The molecule has 0 radical (unpaired) electrons. The standard InChI is InChI=1S/C17H24N2O3/c1-2-3-4-7-11-18-16(22)17(10-12-20)14-9-6-5-8-13(14)15(21)19-17/h5-6,8-9,20H,2-4,7,10-12H2,1H3,(H,18,22)(H,19,21). The van der Waals surface area contributed by atoms with Gasteiger partial charge in [0, 0.05) is 25.1 Å². The predicted molar refractivity (Wildman–Crippen MR) is 84.4 cm³/mol. The van der Waals surface area contributed by atoms with Gasteiger partial charge in [0.1, 0.15) is 5.54 Å². The van der Waals surface area contributed by atoms with Gasteiger partial charge in [-0.1, -0.05) is 44.4 Å². The summed E-state index contributed by atoms with van der Waals surface area (Å²) in [6.45, 7) is 2.56. The van der Waals surface area contributed by atoms with Crippen molar-refractivity contribution in [3.8, 4) is 0 Å². The Hall–Kier alpha value is -1.88. The number of hydrogen-bond acceptors (Lipinski definition) is 3. The van der Waals surface area contributed by atoms with Gasteiger partial charge in [0.25, 0.3) is 11.8 Å². The van der Waals surface area contributed by atoms with Gasteiger partial charge in [-0.25, -0.2) is 0 Å². The van der Waals surface area contributed by atoms with E-state index in [1.165, 1.54) is 0 Å². The highest BCUT2D eigenvalue weighted by Gasteiger charge is 2.48. The number of unbranched alkanes of at least 4 members (excludes halogenated alkanes) is 3. The first-order valence-corrected chi connectivity index (χ1v) is 7.97. The lowest BCUT2D eigenvalue weighted by molar-refractivity contribution is -0.128. The van der Waals surface area contributed by atoms with Crippen molar-refractivity contribution < 1.29 is 14.7 Å². The summed E-state index contributed by atoms with van der Waals surface area (Å²) in [6, 6.07) is 7.06. The van der Waals surface area contributed by atoms with E-state index in [0.29, 0.717) is 17.7 Å². The number of fused-ring (bicyclic) bond motifs is 1. The van der Waals surface area contributed by atoms with E-state index in [9.17, 15) is 14.7 Å². The summed E-state index contributed by atoms with van der Waals surface area (Å²) >= 11 is 0. The fourth-order valence-electron chi connectivity index (χ4n) is 2.94. The summed E-state index contributed by atoms with van der Waals surface area (Å²) < 4.78 is 0. The summed E-state index contributed by atoms with van der Waals surface area (Å²) in [5.41, 5.74) is 0.0184. The second-order valence-corrected chi connectivity index (χ2v) is 5.70. The first-order chi connectivity index (χ1) is 10.7.